The third-order valence-electron chi connectivity index (χ3n) is 7.47. The van der Waals surface area contributed by atoms with Crippen LogP contribution < -0.4 is 10.7 Å². The summed E-state index contributed by atoms with van der Waals surface area (Å²) in [7, 11) is 0. The molecule has 12 heteroatoms. The first-order valence-electron chi connectivity index (χ1n) is 11.9. The van der Waals surface area contributed by atoms with Gasteiger partial charge in [-0.2, -0.15) is 0 Å². The van der Waals surface area contributed by atoms with Crippen LogP contribution >= 0.6 is 11.8 Å². The predicted molar refractivity (Wildman–Crippen MR) is 133 cm³/mol. The first-order valence-corrected chi connectivity index (χ1v) is 13.1. The van der Waals surface area contributed by atoms with Crippen LogP contribution in [0.4, 0.5) is 8.78 Å². The largest absolute Gasteiger partial charge is 0.503 e. The Morgan fingerprint density at radius 3 is 2.68 bits per heavy atom. The fourth-order valence-electron chi connectivity index (χ4n) is 5.35. The SMILES string of the molecule is CSC1=NO[C@@]2(CC[C@H](C)N3C[C@H]2n2cc(C(=O)NCc4c(F)cc(C)cc4F)c(=O)c(O)c2C3=O)C1. The molecule has 1 spiro atoms. The summed E-state index contributed by atoms with van der Waals surface area (Å²) in [5, 5.41) is 18.2. The fraction of sp³-hybridized carbons (Fsp3) is 0.440. The minimum absolute atomic E-state index is 0.165. The van der Waals surface area contributed by atoms with Gasteiger partial charge >= 0.3 is 0 Å². The predicted octanol–water partition coefficient (Wildman–Crippen LogP) is 3.09. The molecule has 1 saturated heterocycles. The Labute approximate surface area is 215 Å². The van der Waals surface area contributed by atoms with E-state index in [-0.39, 0.29) is 23.8 Å². The Balaban J connectivity index is 1.55. The van der Waals surface area contributed by atoms with E-state index in [9.17, 15) is 28.3 Å². The highest BCUT2D eigenvalue weighted by atomic mass is 32.2. The van der Waals surface area contributed by atoms with Gasteiger partial charge in [0.2, 0.25) is 5.43 Å². The maximum atomic E-state index is 14.3. The molecule has 3 aliphatic rings. The second kappa shape index (κ2) is 9.16. The molecule has 1 aromatic heterocycles. The number of hydrogen-bond donors (Lipinski definition) is 2. The number of oxime groups is 1. The highest BCUT2D eigenvalue weighted by Crippen LogP contribution is 2.47. The van der Waals surface area contributed by atoms with Gasteiger partial charge < -0.3 is 24.7 Å². The summed E-state index contributed by atoms with van der Waals surface area (Å²) in [6.45, 7) is 3.17. The molecular weight excluding hydrogens is 506 g/mol. The van der Waals surface area contributed by atoms with E-state index in [1.807, 2.05) is 13.2 Å². The fourth-order valence-corrected chi connectivity index (χ4v) is 5.86. The van der Waals surface area contributed by atoms with E-state index < -0.39 is 58.4 Å². The number of carbonyl (C=O) groups excluding carboxylic acids is 2. The summed E-state index contributed by atoms with van der Waals surface area (Å²) in [4.78, 5) is 46.9. The number of aromatic nitrogens is 1. The van der Waals surface area contributed by atoms with Crippen molar-refractivity contribution in [1.29, 1.82) is 0 Å². The number of thioether (sulfide) groups is 1. The minimum Gasteiger partial charge on any atom is -0.503 e. The van der Waals surface area contributed by atoms with E-state index in [2.05, 4.69) is 10.5 Å². The molecule has 2 amide bonds. The van der Waals surface area contributed by atoms with Crippen LogP contribution in [0.3, 0.4) is 0 Å². The molecule has 0 unspecified atom stereocenters. The number of benzene rings is 1. The molecule has 0 saturated carbocycles. The standard InChI is InChI=1S/C25H26F2N4O5S/c1-12-6-16(26)14(17(27)7-12)9-28-23(34)15-10-31-18-11-30(24(35)20(31)22(33)21(15)32)13(2)4-5-25(18)8-19(37-3)29-36-25/h6-7,10,13,18,33H,4-5,8-9,11H2,1-3H3,(H,28,34)/t13-,18+,25-/m0/s1. The number of rotatable bonds is 3. The third kappa shape index (κ3) is 4.07. The van der Waals surface area contributed by atoms with Crippen molar-refractivity contribution in [3.8, 4) is 5.75 Å². The molecular formula is C25H26F2N4O5S. The van der Waals surface area contributed by atoms with Crippen molar-refractivity contribution in [2.75, 3.05) is 12.8 Å². The van der Waals surface area contributed by atoms with Crippen LogP contribution in [0.15, 0.2) is 28.3 Å². The molecule has 3 aliphatic heterocycles. The van der Waals surface area contributed by atoms with Crippen molar-refractivity contribution in [2.24, 2.45) is 5.16 Å². The van der Waals surface area contributed by atoms with Gasteiger partial charge in [0.25, 0.3) is 11.8 Å². The number of halogens is 2. The summed E-state index contributed by atoms with van der Waals surface area (Å²) < 4.78 is 29.9. The van der Waals surface area contributed by atoms with E-state index in [1.165, 1.54) is 29.4 Å². The van der Waals surface area contributed by atoms with E-state index in [0.717, 1.165) is 17.2 Å². The van der Waals surface area contributed by atoms with Crippen molar-refractivity contribution in [1.82, 2.24) is 14.8 Å². The summed E-state index contributed by atoms with van der Waals surface area (Å²) in [6.07, 6.45) is 4.78. The van der Waals surface area contributed by atoms with Gasteiger partial charge in [-0.1, -0.05) is 5.16 Å². The highest BCUT2D eigenvalue weighted by molar-refractivity contribution is 8.13. The van der Waals surface area contributed by atoms with Gasteiger partial charge in [0, 0.05) is 37.3 Å². The van der Waals surface area contributed by atoms with Gasteiger partial charge in [-0.05, 0) is 50.6 Å². The number of amides is 2. The molecule has 3 atom stereocenters. The number of hydrogen-bond acceptors (Lipinski definition) is 7. The lowest BCUT2D eigenvalue weighted by Crippen LogP contribution is -2.52. The van der Waals surface area contributed by atoms with E-state index in [0.29, 0.717) is 24.8 Å². The topological polar surface area (TPSA) is 113 Å². The van der Waals surface area contributed by atoms with E-state index >= 15 is 0 Å². The van der Waals surface area contributed by atoms with Gasteiger partial charge in [0.1, 0.15) is 22.2 Å². The zero-order valence-electron chi connectivity index (χ0n) is 20.5. The van der Waals surface area contributed by atoms with E-state index in [4.69, 9.17) is 4.84 Å². The number of aryl methyl sites for hydroxylation is 1. The minimum atomic E-state index is -1.04. The molecule has 0 radical (unpaired) electrons. The van der Waals surface area contributed by atoms with Crippen LogP contribution in [0.5, 0.6) is 5.75 Å². The van der Waals surface area contributed by atoms with Crippen molar-refractivity contribution in [3.05, 3.63) is 62.6 Å². The van der Waals surface area contributed by atoms with Gasteiger partial charge in [-0.25, -0.2) is 8.78 Å². The van der Waals surface area contributed by atoms with Crippen molar-refractivity contribution < 1.29 is 28.3 Å². The molecule has 0 aliphatic carbocycles. The van der Waals surface area contributed by atoms with Gasteiger partial charge in [0.05, 0.1) is 6.04 Å². The average Bonchev–Trinajstić information content (AvgIpc) is 3.23. The normalized spacial score (nSPS) is 24.4. The second-order valence-electron chi connectivity index (χ2n) is 9.75. The molecule has 5 rings (SSSR count). The Morgan fingerprint density at radius 2 is 2.03 bits per heavy atom. The molecule has 2 aromatic rings. The number of nitrogens with zero attached hydrogens (tertiary/aromatic N) is 3. The van der Waals surface area contributed by atoms with Crippen molar-refractivity contribution in [3.63, 3.8) is 0 Å². The molecule has 2 bridgehead atoms. The van der Waals surface area contributed by atoms with Crippen LogP contribution in [0.25, 0.3) is 0 Å². The Morgan fingerprint density at radius 1 is 1.32 bits per heavy atom. The van der Waals surface area contributed by atoms with Crippen LogP contribution in [0, 0.1) is 18.6 Å². The van der Waals surface area contributed by atoms with Crippen LogP contribution in [0.1, 0.15) is 64.2 Å². The van der Waals surface area contributed by atoms with Crippen molar-refractivity contribution in [2.45, 2.75) is 57.3 Å². The maximum absolute atomic E-state index is 14.3. The molecule has 1 aromatic carbocycles. The van der Waals surface area contributed by atoms with Crippen LogP contribution in [-0.2, 0) is 11.4 Å². The molecule has 4 heterocycles. The van der Waals surface area contributed by atoms with Crippen LogP contribution in [0.2, 0.25) is 0 Å². The number of aromatic hydroxyl groups is 1. The summed E-state index contributed by atoms with van der Waals surface area (Å²) in [6, 6.07) is 1.58. The number of fused-ring (bicyclic) bond motifs is 5. The third-order valence-corrected chi connectivity index (χ3v) is 8.17. The first-order chi connectivity index (χ1) is 17.6. The Kier molecular flexibility index (Phi) is 6.25. The smallest absolute Gasteiger partial charge is 0.274 e. The lowest BCUT2D eigenvalue weighted by molar-refractivity contribution is -0.0655. The van der Waals surface area contributed by atoms with Gasteiger partial charge in [0.15, 0.2) is 17.0 Å². The molecule has 2 N–H and O–H groups in total. The summed E-state index contributed by atoms with van der Waals surface area (Å²) >= 11 is 1.45. The Hall–Kier alpha value is -3.41. The maximum Gasteiger partial charge on any atom is 0.274 e. The van der Waals surface area contributed by atoms with Crippen LogP contribution in [-0.4, -0.2) is 55.9 Å². The molecule has 1 fully saturated rings. The number of nitrogens with one attached hydrogen (secondary N) is 1. The lowest BCUT2D eigenvalue weighted by atomic mass is 9.85. The molecule has 9 nitrogen and oxygen atoms in total. The first kappa shape index (κ1) is 25.2. The summed E-state index contributed by atoms with van der Waals surface area (Å²) in [5.41, 5.74) is -2.52. The zero-order chi connectivity index (χ0) is 26.6. The molecule has 196 valence electrons. The highest BCUT2D eigenvalue weighted by Gasteiger charge is 2.54. The number of pyridine rings is 1. The second-order valence-corrected chi connectivity index (χ2v) is 10.6. The van der Waals surface area contributed by atoms with Gasteiger partial charge in [-0.15, -0.1) is 11.8 Å². The zero-order valence-corrected chi connectivity index (χ0v) is 21.3. The number of carbonyl (C=O) groups is 2. The molecule has 37 heavy (non-hydrogen) atoms. The van der Waals surface area contributed by atoms with Crippen molar-refractivity contribution >= 4 is 28.6 Å². The average molecular weight is 533 g/mol. The Bertz CT molecular complexity index is 1390. The van der Waals surface area contributed by atoms with Gasteiger partial charge in [-0.3, -0.25) is 14.4 Å². The lowest BCUT2D eigenvalue weighted by Gasteiger charge is -2.41. The monoisotopic (exact) mass is 532 g/mol. The van der Waals surface area contributed by atoms with E-state index in [1.54, 1.807) is 4.90 Å². The quantitative estimate of drug-likeness (QED) is 0.628. The summed E-state index contributed by atoms with van der Waals surface area (Å²) in [5.74, 6) is -3.96.